The van der Waals surface area contributed by atoms with Crippen LogP contribution in [0.1, 0.15) is 109 Å². The van der Waals surface area contributed by atoms with Crippen LogP contribution in [0.3, 0.4) is 0 Å². The zero-order chi connectivity index (χ0) is 85.7. The second-order valence-electron chi connectivity index (χ2n) is 30.9. The molecule has 0 amide bonds. The predicted molar refractivity (Wildman–Crippen MR) is 430 cm³/mol. The van der Waals surface area contributed by atoms with E-state index in [1.807, 2.05) is 31.3 Å². The van der Waals surface area contributed by atoms with E-state index in [0.29, 0.717) is 38.8 Å². The summed E-state index contributed by atoms with van der Waals surface area (Å²) in [5.41, 5.74) is 0.685. The molecule has 30 nitrogen and oxygen atoms in total. The maximum absolute atomic E-state index is 15.7. The maximum atomic E-state index is 15.7. The molecule has 0 radical (unpaired) electrons. The molecule has 0 bridgehead atoms. The molecule has 7 aromatic carbocycles. The van der Waals surface area contributed by atoms with Gasteiger partial charge in [0.2, 0.25) is 0 Å². The fourth-order valence-corrected chi connectivity index (χ4v) is 16.9. The fourth-order valence-electron chi connectivity index (χ4n) is 14.5. The maximum Gasteiger partial charge on any atom is 0.338 e. The minimum Gasteiger partial charge on any atom is -0.497 e. The summed E-state index contributed by atoms with van der Waals surface area (Å²) in [6.45, 7) is 12.8. The molecule has 6 heterocycles. The molecule has 0 aliphatic carbocycles. The normalized spacial score (nSPS) is 29.0. The third-order valence-corrected chi connectivity index (χ3v) is 27.1. The van der Waals surface area contributed by atoms with Gasteiger partial charge < -0.3 is 109 Å². The van der Waals surface area contributed by atoms with Gasteiger partial charge in [0.15, 0.2) is 76.4 Å². The Kier molecular flexibility index (Phi) is 29.8. The highest BCUT2D eigenvalue weighted by atomic mass is 32.2. The number of fused-ring (bicyclic) bond motifs is 2. The van der Waals surface area contributed by atoms with Crippen LogP contribution in [-0.4, -0.2) is 220 Å². The molecule has 0 aromatic heterocycles. The van der Waals surface area contributed by atoms with Crippen molar-refractivity contribution in [2.75, 3.05) is 47.8 Å². The van der Waals surface area contributed by atoms with Gasteiger partial charge in [0.25, 0.3) is 0 Å². The molecule has 121 heavy (non-hydrogen) atoms. The van der Waals surface area contributed by atoms with Crippen LogP contribution in [0.25, 0.3) is 0 Å². The Labute approximate surface area is 705 Å². The Hall–Kier alpha value is -9.72. The topological polar surface area (TPSA) is 332 Å². The molecule has 6 aliphatic rings. The quantitative estimate of drug-likeness (QED) is 0.0229. The van der Waals surface area contributed by atoms with E-state index in [0.717, 1.165) is 39.5 Å². The van der Waals surface area contributed by atoms with Crippen molar-refractivity contribution in [2.45, 2.75) is 213 Å². The van der Waals surface area contributed by atoms with Crippen LogP contribution < -0.4 is 14.2 Å². The van der Waals surface area contributed by atoms with Crippen molar-refractivity contribution in [3.8, 4) is 17.2 Å². The van der Waals surface area contributed by atoms with Gasteiger partial charge >= 0.3 is 41.8 Å². The Bertz CT molecular complexity index is 4590. The lowest BCUT2D eigenvalue weighted by Gasteiger charge is -2.54. The lowest BCUT2D eigenvalue weighted by Crippen LogP contribution is -2.70. The van der Waals surface area contributed by atoms with E-state index in [2.05, 4.69) is 20.8 Å². The van der Waals surface area contributed by atoms with E-state index < -0.39 is 203 Å². The molecule has 7 aromatic rings. The number of carbonyl (C=O) groups is 7. The van der Waals surface area contributed by atoms with Gasteiger partial charge in [0.05, 0.1) is 64.4 Å². The third-order valence-electron chi connectivity index (χ3n) is 21.5. The zero-order valence-corrected chi connectivity index (χ0v) is 70.7. The highest BCUT2D eigenvalue weighted by Crippen LogP contribution is 2.48. The van der Waals surface area contributed by atoms with Gasteiger partial charge in [-0.25, -0.2) is 14.4 Å². The third kappa shape index (κ3) is 22.2. The van der Waals surface area contributed by atoms with Gasteiger partial charge in [-0.3, -0.25) is 19.2 Å². The average Bonchev–Trinajstić information content (AvgIpc) is 0.749. The van der Waals surface area contributed by atoms with E-state index in [4.69, 9.17) is 109 Å². The van der Waals surface area contributed by atoms with Crippen LogP contribution in [0.4, 0.5) is 0 Å². The van der Waals surface area contributed by atoms with Gasteiger partial charge in [-0.1, -0.05) is 142 Å². The van der Waals surface area contributed by atoms with Crippen molar-refractivity contribution < 1.29 is 142 Å². The lowest BCUT2D eigenvalue weighted by molar-refractivity contribution is -0.409. The van der Waals surface area contributed by atoms with Crippen molar-refractivity contribution in [2.24, 2.45) is 0 Å². The van der Waals surface area contributed by atoms with E-state index in [1.165, 1.54) is 14.2 Å². The summed E-state index contributed by atoms with van der Waals surface area (Å²) < 4.78 is 153. The predicted octanol–water partition coefficient (Wildman–Crippen LogP) is 11.7. The number of hydrogen-bond acceptors (Lipinski definition) is 31. The number of benzene rings is 7. The minimum atomic E-state index is -3.05. The zero-order valence-electron chi connectivity index (χ0n) is 68.9. The first kappa shape index (κ1) is 89.0. The first-order valence-corrected chi connectivity index (χ1v) is 43.4. The lowest BCUT2D eigenvalue weighted by atomic mass is 9.94. The highest BCUT2D eigenvalue weighted by Gasteiger charge is 2.63. The van der Waals surface area contributed by atoms with Crippen LogP contribution in [0.5, 0.6) is 17.2 Å². The molecule has 0 N–H and O–H groups in total. The molecule has 32 heteroatoms. The summed E-state index contributed by atoms with van der Waals surface area (Å²) in [5.74, 6) is -4.38. The number of thioether (sulfide) groups is 1. The Balaban J connectivity index is 0.987. The van der Waals surface area contributed by atoms with Crippen LogP contribution in [0, 0.1) is 0 Å². The smallest absolute Gasteiger partial charge is 0.338 e. The summed E-state index contributed by atoms with van der Waals surface area (Å²) in [6, 6.07) is 54.7. The van der Waals surface area contributed by atoms with Crippen molar-refractivity contribution in [1.82, 2.24) is 0 Å². The molecule has 22 atom stereocenters. The second kappa shape index (κ2) is 40.5. The largest absolute Gasteiger partial charge is 0.497 e. The van der Waals surface area contributed by atoms with Gasteiger partial charge in [0.1, 0.15) is 90.3 Å². The van der Waals surface area contributed by atoms with Crippen molar-refractivity contribution in [1.29, 1.82) is 0 Å². The molecule has 6 fully saturated rings. The number of methoxy groups -OCH3 is 3. The molecular weight excluding hydrogens is 1610 g/mol. The van der Waals surface area contributed by atoms with Gasteiger partial charge in [-0.05, 0) is 109 Å². The van der Waals surface area contributed by atoms with Crippen LogP contribution >= 0.6 is 11.8 Å². The minimum absolute atomic E-state index is 0.0588. The first-order chi connectivity index (χ1) is 58.2. The van der Waals surface area contributed by atoms with Gasteiger partial charge in [-0.2, -0.15) is 0 Å². The van der Waals surface area contributed by atoms with Crippen LogP contribution in [-0.2, 0) is 120 Å². The van der Waals surface area contributed by atoms with E-state index in [9.17, 15) is 19.2 Å². The Morgan fingerprint density at radius 3 is 1.27 bits per heavy atom. The molecule has 13 rings (SSSR count). The number of carbonyl (C=O) groups excluding carboxylic acids is 7. The van der Waals surface area contributed by atoms with Crippen molar-refractivity contribution in [3.63, 3.8) is 0 Å². The Morgan fingerprint density at radius 2 is 0.810 bits per heavy atom. The molecule has 6 saturated heterocycles. The summed E-state index contributed by atoms with van der Waals surface area (Å²) >= 11 is 1.11. The first-order valence-electron chi connectivity index (χ1n) is 39.7. The second-order valence-corrected chi connectivity index (χ2v) is 36.8. The molecular formula is C89H100O30SSi. The molecule has 0 spiro atoms. The van der Waals surface area contributed by atoms with E-state index >= 15 is 14.4 Å². The summed E-state index contributed by atoms with van der Waals surface area (Å²) in [6.07, 6.45) is -31.4. The number of rotatable bonds is 30. The Morgan fingerprint density at radius 1 is 0.397 bits per heavy atom. The van der Waals surface area contributed by atoms with E-state index in [1.54, 1.807) is 183 Å². The molecule has 0 saturated carbocycles. The van der Waals surface area contributed by atoms with Crippen molar-refractivity contribution >= 4 is 61.9 Å². The summed E-state index contributed by atoms with van der Waals surface area (Å²) in [4.78, 5) is 98.9. The molecule has 2 unspecified atom stereocenters. The van der Waals surface area contributed by atoms with Gasteiger partial charge in [-0.15, -0.1) is 0 Å². The monoisotopic (exact) mass is 1710 g/mol. The standard InChI is InChI=1S/C89H100O30SSi/c1-50(90)100-46-65-69(105-51(2)91)73(106-52(3)92)76(107-53(4)93)85(108-65)104-47-64-68(101-45-54-33-39-60(97-8)40-34-54)72(79(114-82(96)57-29-21-15-22-30-57)88(111-64)120-63-31-23-16-24-32-63)117-86-77(112-80(94)55-25-17-13-18-26-55)74(70-66(109-86)48-102-83(115-70)58-35-41-61(98-9)42-36-58)118-87-78(113-81(95)56-27-19-14-20-28-56)75(119-121(11,12)89(5,6)7)71-67(110-87)49-103-84(116-71)59-37-43-62(99-10)44-38-59/h13-44,64-79,83-88H,45-49H2,1-12H3/t64-,65-,66-,67-,68+,69-,70-,71-,72+,73+,74+,75+,76-,77-,78-,79-,83?,84?,85-,86+,87+,88+/m1/s1. The molecule has 6 aliphatic heterocycles. The SMILES string of the molecule is COc1ccc(CO[C@@H]2[C@H](O[C@@H]3O[C@@H]4COC(c5ccc(OC)cc5)O[C@H]4[C@H](O[C@@H]4O[C@@H]5COC(c6ccc(OC)cc6)O[C@H]5[C@H](O[Si](C)(C)C(C)(C)C)[C@H]4OC(=O)c4ccccc4)[C@H]3OC(=O)c3ccccc3)[C@@H](OC(=O)c3ccccc3)[C@H](Sc3ccccc3)O[C@@H]2CO[C@@H]2O[C@H](COC(C)=O)[C@@H](OC(C)=O)[C@H](OC(C)=O)[C@H]2OC(C)=O)cc1. The van der Waals surface area contributed by atoms with Crippen LogP contribution in [0.2, 0.25) is 18.1 Å². The number of ether oxygens (including phenoxy) is 22. The number of esters is 7. The van der Waals surface area contributed by atoms with E-state index in [-0.39, 0.29) is 36.5 Å². The average molecular weight is 1710 g/mol. The highest BCUT2D eigenvalue weighted by molar-refractivity contribution is 7.99. The van der Waals surface area contributed by atoms with Gasteiger partial charge in [0, 0.05) is 43.7 Å². The fraction of sp³-hybridized carbons (Fsp3) is 0.449. The number of hydrogen-bond donors (Lipinski definition) is 0. The summed E-state index contributed by atoms with van der Waals surface area (Å²) in [5, 5.41) is -0.486. The van der Waals surface area contributed by atoms with Crippen LogP contribution in [0.15, 0.2) is 199 Å². The van der Waals surface area contributed by atoms with Crippen molar-refractivity contribution in [3.05, 3.63) is 228 Å². The summed E-state index contributed by atoms with van der Waals surface area (Å²) in [7, 11) is 1.56. The molecule has 646 valence electrons.